The van der Waals surface area contributed by atoms with Crippen LogP contribution in [0.1, 0.15) is 6.92 Å². The normalized spacial score (nSPS) is 23.7. The molecule has 0 amide bonds. The first-order chi connectivity index (χ1) is 6.95. The second kappa shape index (κ2) is 4.85. The van der Waals surface area contributed by atoms with Gasteiger partial charge in [0.2, 0.25) is 0 Å². The van der Waals surface area contributed by atoms with E-state index in [9.17, 15) is 13.2 Å². The first-order valence-corrected chi connectivity index (χ1v) is 4.81. The van der Waals surface area contributed by atoms with Crippen molar-refractivity contribution in [2.75, 3.05) is 13.1 Å². The maximum absolute atomic E-state index is 12.3. The van der Waals surface area contributed by atoms with Gasteiger partial charge in [-0.3, -0.25) is 4.99 Å². The van der Waals surface area contributed by atoms with Crippen molar-refractivity contribution in [3.8, 4) is 0 Å². The molecule has 0 spiro atoms. The van der Waals surface area contributed by atoms with E-state index in [1.54, 1.807) is 6.92 Å². The van der Waals surface area contributed by atoms with E-state index in [1.807, 2.05) is 0 Å². The summed E-state index contributed by atoms with van der Waals surface area (Å²) in [6, 6.07) is -0.229. The Hall–Kier alpha value is -0.750. The molecule has 1 aliphatic rings. The third-order valence-electron chi connectivity index (χ3n) is 1.93. The lowest BCUT2D eigenvalue weighted by atomic mass is 10.2. The minimum absolute atomic E-state index is 0.229. The van der Waals surface area contributed by atoms with Crippen LogP contribution in [0.25, 0.3) is 0 Å². The quantitative estimate of drug-likeness (QED) is 0.732. The van der Waals surface area contributed by atoms with Gasteiger partial charge in [0.1, 0.15) is 11.5 Å². The first-order valence-electron chi connectivity index (χ1n) is 4.37. The third kappa shape index (κ3) is 3.39. The zero-order valence-corrected chi connectivity index (χ0v) is 8.78. The largest absolute Gasteiger partial charge is 0.432 e. The van der Waals surface area contributed by atoms with E-state index in [4.69, 9.17) is 11.6 Å². The molecule has 2 N–H and O–H groups in total. The molecule has 1 aliphatic heterocycles. The number of nitrogens with zero attached hydrogens (tertiary/aromatic N) is 1. The maximum atomic E-state index is 12.3. The summed E-state index contributed by atoms with van der Waals surface area (Å²) in [5.74, 6) is 0.255. The van der Waals surface area contributed by atoms with Crippen molar-refractivity contribution in [2.24, 2.45) is 4.99 Å². The van der Waals surface area contributed by atoms with Gasteiger partial charge in [-0.25, -0.2) is 0 Å². The number of halogens is 4. The van der Waals surface area contributed by atoms with E-state index < -0.39 is 11.9 Å². The molecule has 0 radical (unpaired) electrons. The van der Waals surface area contributed by atoms with Crippen LogP contribution in [-0.2, 0) is 0 Å². The highest BCUT2D eigenvalue weighted by molar-refractivity contribution is 6.25. The van der Waals surface area contributed by atoms with E-state index >= 15 is 0 Å². The van der Waals surface area contributed by atoms with Gasteiger partial charge in [-0.1, -0.05) is 11.6 Å². The monoisotopic (exact) mass is 241 g/mol. The molecule has 0 aliphatic carbocycles. The number of hydrogen-bond acceptors (Lipinski definition) is 3. The summed E-state index contributed by atoms with van der Waals surface area (Å²) in [5.41, 5.74) is -0.525. The van der Waals surface area contributed by atoms with E-state index in [0.29, 0.717) is 18.6 Å². The molecule has 86 valence electrons. The molecule has 3 nitrogen and oxygen atoms in total. The molecular formula is C8H11ClF3N3. The van der Waals surface area contributed by atoms with Crippen LogP contribution in [0.5, 0.6) is 0 Å². The van der Waals surface area contributed by atoms with Crippen molar-refractivity contribution < 1.29 is 13.2 Å². The molecule has 0 aromatic heterocycles. The van der Waals surface area contributed by atoms with Crippen molar-refractivity contribution in [1.29, 1.82) is 0 Å². The summed E-state index contributed by atoms with van der Waals surface area (Å²) in [7, 11) is 0. The summed E-state index contributed by atoms with van der Waals surface area (Å²) < 4.78 is 36.9. The summed E-state index contributed by atoms with van der Waals surface area (Å²) in [4.78, 5) is 3.96. The van der Waals surface area contributed by atoms with Crippen LogP contribution in [-0.4, -0.2) is 31.1 Å². The van der Waals surface area contributed by atoms with E-state index in [2.05, 4.69) is 15.6 Å². The SMILES string of the molecule is CC1NCCN=C1N/C(=C\Cl)C(F)(F)F. The highest BCUT2D eigenvalue weighted by Gasteiger charge is 2.35. The Balaban J connectivity index is 2.72. The third-order valence-corrected chi connectivity index (χ3v) is 2.15. The molecular weight excluding hydrogens is 231 g/mol. The van der Waals surface area contributed by atoms with Gasteiger partial charge in [-0.15, -0.1) is 0 Å². The van der Waals surface area contributed by atoms with Crippen molar-refractivity contribution in [3.63, 3.8) is 0 Å². The van der Waals surface area contributed by atoms with Gasteiger partial charge in [0, 0.05) is 12.1 Å². The number of amidine groups is 1. The Morgan fingerprint density at radius 1 is 1.67 bits per heavy atom. The second-order valence-electron chi connectivity index (χ2n) is 3.09. The molecule has 0 saturated heterocycles. The van der Waals surface area contributed by atoms with Crippen LogP contribution in [0, 0.1) is 0 Å². The minimum atomic E-state index is -4.48. The summed E-state index contributed by atoms with van der Waals surface area (Å²) in [5, 5.41) is 5.17. The topological polar surface area (TPSA) is 36.4 Å². The zero-order valence-electron chi connectivity index (χ0n) is 8.03. The average molecular weight is 242 g/mol. The van der Waals surface area contributed by atoms with Crippen LogP contribution in [0.15, 0.2) is 16.2 Å². The smallest absolute Gasteiger partial charge is 0.338 e. The lowest BCUT2D eigenvalue weighted by molar-refractivity contribution is -0.0947. The van der Waals surface area contributed by atoms with Crippen LogP contribution in [0.2, 0.25) is 0 Å². The standard InChI is InChI=1S/C8H11ClF3N3/c1-5-7(14-3-2-13-5)15-6(4-9)8(10,11)12/h4-5,13H,2-3H2,1H3,(H,14,15)/b6-4-. The predicted octanol–water partition coefficient (Wildman–Crippen LogP) is 1.61. The molecule has 0 aromatic rings. The van der Waals surface area contributed by atoms with Gasteiger partial charge < -0.3 is 10.6 Å². The van der Waals surface area contributed by atoms with Crippen LogP contribution >= 0.6 is 11.6 Å². The van der Waals surface area contributed by atoms with Crippen LogP contribution < -0.4 is 10.6 Å². The molecule has 0 aromatic carbocycles. The van der Waals surface area contributed by atoms with Crippen molar-refractivity contribution in [2.45, 2.75) is 19.1 Å². The van der Waals surface area contributed by atoms with E-state index in [1.165, 1.54) is 0 Å². The van der Waals surface area contributed by atoms with Gasteiger partial charge in [0.25, 0.3) is 0 Å². The lowest BCUT2D eigenvalue weighted by Crippen LogP contribution is -2.48. The molecule has 15 heavy (non-hydrogen) atoms. The Morgan fingerprint density at radius 3 is 2.80 bits per heavy atom. The molecule has 1 unspecified atom stereocenters. The highest BCUT2D eigenvalue weighted by Crippen LogP contribution is 2.24. The maximum Gasteiger partial charge on any atom is 0.432 e. The van der Waals surface area contributed by atoms with Gasteiger partial charge in [-0.2, -0.15) is 13.2 Å². The van der Waals surface area contributed by atoms with Crippen LogP contribution in [0.3, 0.4) is 0 Å². The molecule has 0 fully saturated rings. The fraction of sp³-hybridized carbons (Fsp3) is 0.625. The Kier molecular flexibility index (Phi) is 3.98. The Morgan fingerprint density at radius 2 is 2.33 bits per heavy atom. The molecule has 1 rings (SSSR count). The number of hydrogen-bond donors (Lipinski definition) is 2. The molecule has 7 heteroatoms. The number of allylic oxidation sites excluding steroid dienone is 1. The second-order valence-corrected chi connectivity index (χ2v) is 3.31. The summed E-state index contributed by atoms with van der Waals surface area (Å²) in [6.45, 7) is 2.85. The lowest BCUT2D eigenvalue weighted by Gasteiger charge is -2.23. The molecule has 1 heterocycles. The van der Waals surface area contributed by atoms with E-state index in [0.717, 1.165) is 0 Å². The highest BCUT2D eigenvalue weighted by atomic mass is 35.5. The molecule has 0 bridgehead atoms. The summed E-state index contributed by atoms with van der Waals surface area (Å²) >= 11 is 5.10. The number of nitrogens with one attached hydrogen (secondary N) is 2. The van der Waals surface area contributed by atoms with Crippen LogP contribution in [0.4, 0.5) is 13.2 Å². The van der Waals surface area contributed by atoms with Gasteiger partial charge in [0.15, 0.2) is 0 Å². The number of alkyl halides is 3. The van der Waals surface area contributed by atoms with Gasteiger partial charge in [0.05, 0.1) is 12.6 Å². The Labute approximate surface area is 90.4 Å². The fourth-order valence-corrected chi connectivity index (χ4v) is 1.32. The van der Waals surface area contributed by atoms with Crippen molar-refractivity contribution >= 4 is 17.4 Å². The van der Waals surface area contributed by atoms with Crippen molar-refractivity contribution in [1.82, 2.24) is 10.6 Å². The number of aliphatic imine (C=N–C) groups is 1. The van der Waals surface area contributed by atoms with E-state index in [-0.39, 0.29) is 11.9 Å². The average Bonchev–Trinajstić information content (AvgIpc) is 2.14. The minimum Gasteiger partial charge on any atom is -0.338 e. The predicted molar refractivity (Wildman–Crippen MR) is 52.9 cm³/mol. The van der Waals surface area contributed by atoms with Gasteiger partial charge >= 0.3 is 6.18 Å². The Bertz CT molecular complexity index is 285. The van der Waals surface area contributed by atoms with Gasteiger partial charge in [-0.05, 0) is 6.92 Å². The fourth-order valence-electron chi connectivity index (χ4n) is 1.14. The molecule has 0 saturated carbocycles. The molecule has 1 atom stereocenters. The number of rotatable bonds is 1. The first kappa shape index (κ1) is 12.3. The van der Waals surface area contributed by atoms with Crippen molar-refractivity contribution in [3.05, 3.63) is 11.2 Å². The summed E-state index contributed by atoms with van der Waals surface area (Å²) in [6.07, 6.45) is -4.48. The zero-order chi connectivity index (χ0) is 11.5.